The molecule has 1 aromatic carbocycles. The molecule has 0 aliphatic carbocycles. The van der Waals surface area contributed by atoms with Crippen LogP contribution in [-0.2, 0) is 0 Å². The summed E-state index contributed by atoms with van der Waals surface area (Å²) in [6, 6.07) is 13.2. The molecule has 0 fully saturated rings. The maximum Gasteiger partial charge on any atom is 0.275 e. The van der Waals surface area contributed by atoms with Crippen molar-refractivity contribution in [3.8, 4) is 0 Å². The summed E-state index contributed by atoms with van der Waals surface area (Å²) < 4.78 is 1.84. The van der Waals surface area contributed by atoms with E-state index >= 15 is 0 Å². The molecule has 1 aliphatic rings. The number of hydrogen-bond donors (Lipinski definition) is 2. The van der Waals surface area contributed by atoms with Crippen molar-refractivity contribution in [2.45, 2.75) is 0 Å². The lowest BCUT2D eigenvalue weighted by atomic mass is 10.2. The molecule has 2 N–H and O–H groups in total. The number of fused-ring (bicyclic) bond motifs is 1. The zero-order valence-electron chi connectivity index (χ0n) is 12.4. The highest BCUT2D eigenvalue weighted by Crippen LogP contribution is 2.12. The first kappa shape index (κ1) is 13.5. The fraction of sp³-hybridized carbons (Fsp3) is 0.118. The topological polar surface area (TPSA) is 70.8 Å². The first-order chi connectivity index (χ1) is 11.3. The third kappa shape index (κ3) is 2.66. The van der Waals surface area contributed by atoms with E-state index in [0.717, 1.165) is 35.8 Å². The molecule has 2 aromatic heterocycles. The zero-order valence-corrected chi connectivity index (χ0v) is 12.4. The van der Waals surface area contributed by atoms with E-state index in [4.69, 9.17) is 0 Å². The van der Waals surface area contributed by atoms with Gasteiger partial charge in [0, 0.05) is 30.2 Å². The van der Waals surface area contributed by atoms with Crippen molar-refractivity contribution in [2.24, 2.45) is 4.99 Å². The molecule has 3 aromatic rings. The Labute approximate surface area is 132 Å². The average molecular weight is 305 g/mol. The Morgan fingerprint density at radius 1 is 1.13 bits per heavy atom. The van der Waals surface area contributed by atoms with E-state index in [1.807, 2.05) is 53.1 Å². The summed E-state index contributed by atoms with van der Waals surface area (Å²) in [5.41, 5.74) is 2.85. The molecule has 0 bridgehead atoms. The van der Waals surface area contributed by atoms with Crippen LogP contribution in [0.15, 0.2) is 59.9 Å². The van der Waals surface area contributed by atoms with Gasteiger partial charge in [0.1, 0.15) is 17.2 Å². The number of carbonyl (C=O) groups is 1. The molecular formula is C17H15N5O. The van der Waals surface area contributed by atoms with Gasteiger partial charge in [-0.2, -0.15) is 0 Å². The lowest BCUT2D eigenvalue weighted by Gasteiger charge is -2.02. The molecule has 114 valence electrons. The molecule has 1 amide bonds. The minimum absolute atomic E-state index is 0.224. The summed E-state index contributed by atoms with van der Waals surface area (Å²) in [7, 11) is 0. The third-order valence-corrected chi connectivity index (χ3v) is 3.66. The van der Waals surface area contributed by atoms with Crippen molar-refractivity contribution in [1.82, 2.24) is 14.7 Å². The summed E-state index contributed by atoms with van der Waals surface area (Å²) in [6.07, 6.45) is 3.66. The van der Waals surface area contributed by atoms with E-state index in [0.29, 0.717) is 5.69 Å². The van der Waals surface area contributed by atoms with Gasteiger partial charge in [-0.05, 0) is 24.3 Å². The number of nitrogens with zero attached hydrogens (tertiary/aromatic N) is 3. The molecule has 0 radical (unpaired) electrons. The molecule has 23 heavy (non-hydrogen) atoms. The van der Waals surface area contributed by atoms with E-state index in [1.54, 1.807) is 6.20 Å². The molecular weight excluding hydrogens is 290 g/mol. The molecule has 6 nitrogen and oxygen atoms in total. The molecule has 3 heterocycles. The molecule has 0 spiro atoms. The van der Waals surface area contributed by atoms with Gasteiger partial charge in [0.15, 0.2) is 0 Å². The van der Waals surface area contributed by atoms with Crippen LogP contribution in [0.1, 0.15) is 16.1 Å². The van der Waals surface area contributed by atoms with Crippen LogP contribution in [-0.4, -0.2) is 34.2 Å². The maximum atomic E-state index is 12.3. The number of imidazole rings is 1. The minimum Gasteiger partial charge on any atom is -0.368 e. The van der Waals surface area contributed by atoms with Gasteiger partial charge in [0.2, 0.25) is 0 Å². The predicted octanol–water partition coefficient (Wildman–Crippen LogP) is 1.94. The first-order valence-corrected chi connectivity index (χ1v) is 7.43. The van der Waals surface area contributed by atoms with Gasteiger partial charge < -0.3 is 15.0 Å². The third-order valence-electron chi connectivity index (χ3n) is 3.66. The highest BCUT2D eigenvalue weighted by Gasteiger charge is 2.13. The zero-order chi connectivity index (χ0) is 15.6. The minimum atomic E-state index is -0.224. The fourth-order valence-corrected chi connectivity index (χ4v) is 2.55. The number of benzene rings is 1. The van der Waals surface area contributed by atoms with Crippen LogP contribution in [0.5, 0.6) is 0 Å². The SMILES string of the molecule is O=C(Nc1ccccc1)c1cn2cc(C3=NCCN3)ccc2n1. The Bertz CT molecular complexity index is 898. The average Bonchev–Trinajstić information content (AvgIpc) is 3.24. The Hall–Kier alpha value is -3.15. The Morgan fingerprint density at radius 2 is 2.00 bits per heavy atom. The number of nitrogens with one attached hydrogen (secondary N) is 2. The smallest absolute Gasteiger partial charge is 0.275 e. The standard InChI is InChI=1S/C17H15N5O/c23-17(20-13-4-2-1-3-5-13)14-11-22-10-12(6-7-15(22)21-14)16-18-8-9-19-16/h1-7,10-11H,8-9H2,(H,18,19)(H,20,23). The number of rotatable bonds is 3. The summed E-state index contributed by atoms with van der Waals surface area (Å²) in [5.74, 6) is 0.661. The highest BCUT2D eigenvalue weighted by atomic mass is 16.1. The number of amidine groups is 1. The van der Waals surface area contributed by atoms with Crippen LogP contribution >= 0.6 is 0 Å². The van der Waals surface area contributed by atoms with Crippen molar-refractivity contribution in [3.63, 3.8) is 0 Å². The molecule has 0 atom stereocenters. The summed E-state index contributed by atoms with van der Waals surface area (Å²) >= 11 is 0. The highest BCUT2D eigenvalue weighted by molar-refractivity contribution is 6.03. The van der Waals surface area contributed by atoms with Gasteiger partial charge in [0.05, 0.1) is 6.54 Å². The van der Waals surface area contributed by atoms with Gasteiger partial charge in [-0.25, -0.2) is 4.98 Å². The lowest BCUT2D eigenvalue weighted by molar-refractivity contribution is 0.102. The summed E-state index contributed by atoms with van der Waals surface area (Å²) in [4.78, 5) is 21.1. The van der Waals surface area contributed by atoms with Crippen LogP contribution in [0.4, 0.5) is 5.69 Å². The quantitative estimate of drug-likeness (QED) is 0.777. The van der Waals surface area contributed by atoms with Crippen LogP contribution in [0.25, 0.3) is 5.65 Å². The van der Waals surface area contributed by atoms with Crippen LogP contribution in [0, 0.1) is 0 Å². The van der Waals surface area contributed by atoms with Gasteiger partial charge in [-0.3, -0.25) is 9.79 Å². The Balaban J connectivity index is 1.62. The van der Waals surface area contributed by atoms with E-state index in [-0.39, 0.29) is 5.91 Å². The number of aliphatic imine (C=N–C) groups is 1. The van der Waals surface area contributed by atoms with Crippen molar-refractivity contribution in [3.05, 3.63) is 66.1 Å². The second-order valence-corrected chi connectivity index (χ2v) is 5.29. The lowest BCUT2D eigenvalue weighted by Crippen LogP contribution is -2.19. The van der Waals surface area contributed by atoms with Crippen molar-refractivity contribution >= 4 is 23.1 Å². The van der Waals surface area contributed by atoms with Gasteiger partial charge in [-0.1, -0.05) is 18.2 Å². The number of para-hydroxylation sites is 1. The van der Waals surface area contributed by atoms with Crippen LogP contribution in [0.2, 0.25) is 0 Å². The van der Waals surface area contributed by atoms with Crippen molar-refractivity contribution < 1.29 is 4.79 Å². The Morgan fingerprint density at radius 3 is 2.78 bits per heavy atom. The molecule has 0 saturated heterocycles. The number of carbonyl (C=O) groups excluding carboxylic acids is 1. The fourth-order valence-electron chi connectivity index (χ4n) is 2.55. The number of anilines is 1. The molecule has 0 unspecified atom stereocenters. The molecule has 6 heteroatoms. The Kier molecular flexibility index (Phi) is 3.27. The molecule has 0 saturated carbocycles. The van der Waals surface area contributed by atoms with E-state index in [2.05, 4.69) is 20.6 Å². The largest absolute Gasteiger partial charge is 0.368 e. The van der Waals surface area contributed by atoms with E-state index in [9.17, 15) is 4.79 Å². The van der Waals surface area contributed by atoms with Crippen LogP contribution < -0.4 is 10.6 Å². The number of aromatic nitrogens is 2. The van der Waals surface area contributed by atoms with Crippen molar-refractivity contribution in [1.29, 1.82) is 0 Å². The normalized spacial score (nSPS) is 13.7. The van der Waals surface area contributed by atoms with Crippen molar-refractivity contribution in [2.75, 3.05) is 18.4 Å². The van der Waals surface area contributed by atoms with Gasteiger partial charge in [-0.15, -0.1) is 0 Å². The first-order valence-electron chi connectivity index (χ1n) is 7.43. The number of hydrogen-bond acceptors (Lipinski definition) is 4. The number of amides is 1. The van der Waals surface area contributed by atoms with Crippen LogP contribution in [0.3, 0.4) is 0 Å². The second kappa shape index (κ2) is 5.57. The molecule has 4 rings (SSSR count). The predicted molar refractivity (Wildman–Crippen MR) is 89.0 cm³/mol. The number of pyridine rings is 1. The molecule has 1 aliphatic heterocycles. The monoisotopic (exact) mass is 305 g/mol. The summed E-state index contributed by atoms with van der Waals surface area (Å²) in [5, 5.41) is 6.07. The van der Waals surface area contributed by atoms with E-state index < -0.39 is 0 Å². The second-order valence-electron chi connectivity index (χ2n) is 5.29. The van der Waals surface area contributed by atoms with Gasteiger partial charge in [0.25, 0.3) is 5.91 Å². The van der Waals surface area contributed by atoms with E-state index in [1.165, 1.54) is 0 Å². The maximum absolute atomic E-state index is 12.3. The summed E-state index contributed by atoms with van der Waals surface area (Å²) in [6.45, 7) is 1.66. The van der Waals surface area contributed by atoms with Gasteiger partial charge >= 0.3 is 0 Å².